The molecule has 1 saturated heterocycles. The Morgan fingerprint density at radius 3 is 2.46 bits per heavy atom. The van der Waals surface area contributed by atoms with E-state index in [2.05, 4.69) is 17.4 Å². The molecule has 28 heavy (non-hydrogen) atoms. The average molecular weight is 386 g/mol. The lowest BCUT2D eigenvalue weighted by molar-refractivity contribution is 0.00190. The SMILES string of the molecule is O=C(NCCc1ccccc1)N1CCC(OCCOc2ccc(F)cc2)CC1. The Bertz CT molecular complexity index is 716. The molecule has 1 aliphatic rings. The van der Waals surface area contributed by atoms with Crippen molar-refractivity contribution < 1.29 is 18.7 Å². The molecule has 0 atom stereocenters. The maximum absolute atomic E-state index is 12.8. The maximum atomic E-state index is 12.8. The summed E-state index contributed by atoms with van der Waals surface area (Å²) < 4.78 is 24.2. The summed E-state index contributed by atoms with van der Waals surface area (Å²) in [7, 11) is 0. The smallest absolute Gasteiger partial charge is 0.317 e. The number of hydrogen-bond acceptors (Lipinski definition) is 3. The van der Waals surface area contributed by atoms with Crippen LogP contribution in [0, 0.1) is 5.82 Å². The molecule has 0 radical (unpaired) electrons. The first-order chi connectivity index (χ1) is 13.7. The van der Waals surface area contributed by atoms with Gasteiger partial charge in [0.25, 0.3) is 0 Å². The minimum absolute atomic E-state index is 0.00553. The van der Waals surface area contributed by atoms with E-state index in [-0.39, 0.29) is 18.0 Å². The number of nitrogens with one attached hydrogen (secondary N) is 1. The number of likely N-dealkylation sites (tertiary alicyclic amines) is 1. The summed E-state index contributed by atoms with van der Waals surface area (Å²) >= 11 is 0. The van der Waals surface area contributed by atoms with Gasteiger partial charge in [-0.25, -0.2) is 9.18 Å². The van der Waals surface area contributed by atoms with E-state index in [1.54, 1.807) is 12.1 Å². The molecule has 2 aromatic rings. The van der Waals surface area contributed by atoms with Crippen LogP contribution in [0.4, 0.5) is 9.18 Å². The zero-order valence-corrected chi connectivity index (χ0v) is 16.0. The van der Waals surface area contributed by atoms with Crippen LogP contribution in [0.2, 0.25) is 0 Å². The molecule has 2 aromatic carbocycles. The van der Waals surface area contributed by atoms with Gasteiger partial charge >= 0.3 is 6.03 Å². The first kappa shape index (κ1) is 20.1. The predicted octanol–water partition coefficient (Wildman–Crippen LogP) is 3.64. The lowest BCUT2D eigenvalue weighted by Gasteiger charge is -2.32. The van der Waals surface area contributed by atoms with Crippen molar-refractivity contribution in [1.29, 1.82) is 0 Å². The fraction of sp³-hybridized carbons (Fsp3) is 0.409. The third-order valence-corrected chi connectivity index (χ3v) is 4.78. The molecular formula is C22H27FN2O3. The van der Waals surface area contributed by atoms with Crippen molar-refractivity contribution in [3.05, 3.63) is 66.0 Å². The molecule has 0 bridgehead atoms. The number of halogens is 1. The molecule has 1 aliphatic heterocycles. The van der Waals surface area contributed by atoms with Crippen molar-refractivity contribution in [2.75, 3.05) is 32.8 Å². The Hall–Kier alpha value is -2.60. The van der Waals surface area contributed by atoms with E-state index in [1.165, 1.54) is 17.7 Å². The molecule has 5 nitrogen and oxygen atoms in total. The van der Waals surface area contributed by atoms with Gasteiger partial charge in [-0.15, -0.1) is 0 Å². The monoisotopic (exact) mass is 386 g/mol. The van der Waals surface area contributed by atoms with E-state index >= 15 is 0 Å². The third kappa shape index (κ3) is 6.53. The summed E-state index contributed by atoms with van der Waals surface area (Å²) in [4.78, 5) is 14.1. The molecule has 0 aliphatic carbocycles. The summed E-state index contributed by atoms with van der Waals surface area (Å²) in [5, 5.41) is 2.99. The Morgan fingerprint density at radius 1 is 1.04 bits per heavy atom. The number of hydrogen-bond donors (Lipinski definition) is 1. The van der Waals surface area contributed by atoms with Gasteiger partial charge in [0, 0.05) is 19.6 Å². The minimum Gasteiger partial charge on any atom is -0.491 e. The second-order valence-corrected chi connectivity index (χ2v) is 6.83. The van der Waals surface area contributed by atoms with Crippen LogP contribution in [0.15, 0.2) is 54.6 Å². The quantitative estimate of drug-likeness (QED) is 0.705. The van der Waals surface area contributed by atoms with Crippen LogP contribution in [0.5, 0.6) is 5.75 Å². The number of amides is 2. The molecule has 1 N–H and O–H groups in total. The number of urea groups is 1. The number of rotatable bonds is 8. The van der Waals surface area contributed by atoms with E-state index in [4.69, 9.17) is 9.47 Å². The first-order valence-electron chi connectivity index (χ1n) is 9.77. The summed E-state index contributed by atoms with van der Waals surface area (Å²) in [5.41, 5.74) is 1.22. The number of nitrogens with zero attached hydrogens (tertiary/aromatic N) is 1. The highest BCUT2D eigenvalue weighted by Gasteiger charge is 2.22. The Balaban J connectivity index is 1.26. The highest BCUT2D eigenvalue weighted by molar-refractivity contribution is 5.74. The van der Waals surface area contributed by atoms with Gasteiger partial charge in [0.1, 0.15) is 18.2 Å². The zero-order valence-electron chi connectivity index (χ0n) is 16.0. The second kappa shape index (κ2) is 10.7. The highest BCUT2D eigenvalue weighted by atomic mass is 19.1. The maximum Gasteiger partial charge on any atom is 0.317 e. The number of carbonyl (C=O) groups excluding carboxylic acids is 1. The molecule has 1 fully saturated rings. The Labute approximate surface area is 165 Å². The second-order valence-electron chi connectivity index (χ2n) is 6.83. The van der Waals surface area contributed by atoms with E-state index in [0.717, 1.165) is 19.3 Å². The largest absolute Gasteiger partial charge is 0.491 e. The molecule has 2 amide bonds. The van der Waals surface area contributed by atoms with Gasteiger partial charge in [-0.2, -0.15) is 0 Å². The summed E-state index contributed by atoms with van der Waals surface area (Å²) in [6.45, 7) is 2.93. The van der Waals surface area contributed by atoms with Gasteiger partial charge in [-0.05, 0) is 49.1 Å². The average Bonchev–Trinajstić information content (AvgIpc) is 2.73. The van der Waals surface area contributed by atoms with Crippen LogP contribution in [-0.4, -0.2) is 49.9 Å². The van der Waals surface area contributed by atoms with Crippen LogP contribution in [0.25, 0.3) is 0 Å². The molecule has 0 unspecified atom stereocenters. The van der Waals surface area contributed by atoms with E-state index in [1.807, 2.05) is 23.1 Å². The van der Waals surface area contributed by atoms with Crippen LogP contribution >= 0.6 is 0 Å². The molecule has 0 aromatic heterocycles. The van der Waals surface area contributed by atoms with Crippen LogP contribution in [0.1, 0.15) is 18.4 Å². The summed E-state index contributed by atoms with van der Waals surface area (Å²) in [5.74, 6) is 0.353. The number of carbonyl (C=O) groups is 1. The van der Waals surface area contributed by atoms with Crippen LogP contribution < -0.4 is 10.1 Å². The van der Waals surface area contributed by atoms with Crippen molar-refractivity contribution >= 4 is 6.03 Å². The highest BCUT2D eigenvalue weighted by Crippen LogP contribution is 2.15. The molecule has 6 heteroatoms. The third-order valence-electron chi connectivity index (χ3n) is 4.78. The van der Waals surface area contributed by atoms with Gasteiger partial charge in [0.2, 0.25) is 0 Å². The minimum atomic E-state index is -0.278. The molecule has 1 heterocycles. The fourth-order valence-corrected chi connectivity index (χ4v) is 3.20. The van der Waals surface area contributed by atoms with Gasteiger partial charge in [0.05, 0.1) is 12.7 Å². The van der Waals surface area contributed by atoms with E-state index in [9.17, 15) is 9.18 Å². The predicted molar refractivity (Wildman–Crippen MR) is 106 cm³/mol. The van der Waals surface area contributed by atoms with Crippen LogP contribution in [-0.2, 0) is 11.2 Å². The Morgan fingerprint density at radius 2 is 1.75 bits per heavy atom. The van der Waals surface area contributed by atoms with E-state index in [0.29, 0.717) is 38.6 Å². The lowest BCUT2D eigenvalue weighted by Crippen LogP contribution is -2.46. The normalized spacial score (nSPS) is 14.7. The topological polar surface area (TPSA) is 50.8 Å². The van der Waals surface area contributed by atoms with Gasteiger partial charge < -0.3 is 19.7 Å². The molecular weight excluding hydrogens is 359 g/mol. The van der Waals surface area contributed by atoms with Crippen molar-refractivity contribution in [2.24, 2.45) is 0 Å². The molecule has 3 rings (SSSR count). The zero-order chi connectivity index (χ0) is 19.6. The first-order valence-corrected chi connectivity index (χ1v) is 9.77. The van der Waals surface area contributed by atoms with Crippen molar-refractivity contribution in [3.8, 4) is 5.75 Å². The number of piperidine rings is 1. The van der Waals surface area contributed by atoms with Crippen LogP contribution in [0.3, 0.4) is 0 Å². The number of benzene rings is 2. The molecule has 150 valence electrons. The van der Waals surface area contributed by atoms with Gasteiger partial charge in [-0.1, -0.05) is 30.3 Å². The van der Waals surface area contributed by atoms with Crippen molar-refractivity contribution in [2.45, 2.75) is 25.4 Å². The van der Waals surface area contributed by atoms with Crippen molar-refractivity contribution in [1.82, 2.24) is 10.2 Å². The fourth-order valence-electron chi connectivity index (χ4n) is 3.20. The molecule has 0 saturated carbocycles. The summed E-state index contributed by atoms with van der Waals surface area (Å²) in [6, 6.07) is 16.1. The number of ether oxygens (including phenoxy) is 2. The van der Waals surface area contributed by atoms with E-state index < -0.39 is 0 Å². The standard InChI is InChI=1S/C22H27FN2O3/c23-19-6-8-20(9-7-19)27-16-17-28-21-11-14-25(15-12-21)22(26)24-13-10-18-4-2-1-3-5-18/h1-9,21H,10-17H2,(H,24,26). The molecule has 0 spiro atoms. The lowest BCUT2D eigenvalue weighted by atomic mass is 10.1. The van der Waals surface area contributed by atoms with Gasteiger partial charge in [-0.3, -0.25) is 0 Å². The van der Waals surface area contributed by atoms with Crippen molar-refractivity contribution in [3.63, 3.8) is 0 Å². The Kier molecular flexibility index (Phi) is 7.67. The van der Waals surface area contributed by atoms with Gasteiger partial charge in [0.15, 0.2) is 0 Å². The summed E-state index contributed by atoms with van der Waals surface area (Å²) in [6.07, 6.45) is 2.62.